The Balaban J connectivity index is 2.33. The van der Waals surface area contributed by atoms with E-state index in [4.69, 9.17) is 10.9 Å². The van der Waals surface area contributed by atoms with Crippen molar-refractivity contribution in [2.24, 2.45) is 10.9 Å². The van der Waals surface area contributed by atoms with Crippen LogP contribution in [-0.2, 0) is 16.4 Å². The van der Waals surface area contributed by atoms with Crippen molar-refractivity contribution in [1.82, 2.24) is 0 Å². The summed E-state index contributed by atoms with van der Waals surface area (Å²) in [6.07, 6.45) is 6.16. The predicted molar refractivity (Wildman–Crippen MR) is 77.9 cm³/mol. The van der Waals surface area contributed by atoms with Crippen molar-refractivity contribution in [1.29, 1.82) is 0 Å². The van der Waals surface area contributed by atoms with E-state index < -0.39 is 14.8 Å². The number of unbranched alkanes of at least 4 members (excludes halogenated alkanes) is 1. The van der Waals surface area contributed by atoms with Crippen LogP contribution in [0.5, 0.6) is 0 Å². The minimum Gasteiger partial charge on any atom is -0.330 e. The summed E-state index contributed by atoms with van der Waals surface area (Å²) in [7, 11) is -3.64. The Morgan fingerprint density at radius 2 is 1.95 bits per heavy atom. The number of hydrogen-bond acceptors (Lipinski definition) is 3. The Bertz CT molecular complexity index is 581. The van der Waals surface area contributed by atoms with Gasteiger partial charge in [-0.1, -0.05) is 42.8 Å². The normalized spacial score (nSPS) is 22.2. The summed E-state index contributed by atoms with van der Waals surface area (Å²) in [6.45, 7) is 0.570. The van der Waals surface area contributed by atoms with E-state index in [1.54, 1.807) is 6.08 Å². The van der Waals surface area contributed by atoms with E-state index in [1.165, 1.54) is 0 Å². The molecule has 0 radical (unpaired) electrons. The highest BCUT2D eigenvalue weighted by molar-refractivity contribution is 7.90. The van der Waals surface area contributed by atoms with Crippen molar-refractivity contribution in [2.45, 2.75) is 30.4 Å². The van der Waals surface area contributed by atoms with Crippen molar-refractivity contribution < 1.29 is 8.42 Å². The van der Waals surface area contributed by atoms with Gasteiger partial charge in [0, 0.05) is 0 Å². The van der Waals surface area contributed by atoms with E-state index in [-0.39, 0.29) is 0 Å². The van der Waals surface area contributed by atoms with Gasteiger partial charge in [0.05, 0.1) is 0 Å². The molecule has 2 rings (SSSR count). The summed E-state index contributed by atoms with van der Waals surface area (Å²) in [5.41, 5.74) is 7.58. The van der Waals surface area contributed by atoms with Gasteiger partial charge in [-0.15, -0.1) is 0 Å². The van der Waals surface area contributed by atoms with Crippen molar-refractivity contribution in [3.8, 4) is 0 Å². The van der Waals surface area contributed by atoms with E-state index >= 15 is 0 Å². The molecule has 4 nitrogen and oxygen atoms in total. The molecule has 0 aliphatic heterocycles. The van der Waals surface area contributed by atoms with Crippen LogP contribution < -0.4 is 10.9 Å². The number of fused-ring (bicyclic) bond motifs is 1. The number of primary sulfonamides is 1. The Kier molecular flexibility index (Phi) is 4.08. The van der Waals surface area contributed by atoms with Crippen molar-refractivity contribution in [3.63, 3.8) is 0 Å². The number of nitrogens with two attached hydrogens (primary N) is 2. The van der Waals surface area contributed by atoms with Gasteiger partial charge >= 0.3 is 0 Å². The Labute approximate surface area is 114 Å². The molecule has 0 saturated carbocycles. The summed E-state index contributed by atoms with van der Waals surface area (Å²) in [6, 6.07) is 7.81. The van der Waals surface area contributed by atoms with Crippen LogP contribution in [0, 0.1) is 0 Å². The maximum absolute atomic E-state index is 12.0. The molecule has 0 spiro atoms. The first-order valence-corrected chi connectivity index (χ1v) is 8.03. The first kappa shape index (κ1) is 14.2. The molecule has 4 N–H and O–H groups in total. The fraction of sp³-hybridized carbons (Fsp3) is 0.429. The van der Waals surface area contributed by atoms with E-state index in [2.05, 4.69) is 0 Å². The molecule has 0 saturated heterocycles. The number of hydrogen-bond donors (Lipinski definition) is 2. The van der Waals surface area contributed by atoms with Crippen LogP contribution in [0.15, 0.2) is 30.3 Å². The molecule has 1 aliphatic rings. The molecule has 1 atom stereocenters. The topological polar surface area (TPSA) is 86.2 Å². The zero-order chi connectivity index (χ0) is 13.9. The quantitative estimate of drug-likeness (QED) is 0.800. The molecule has 104 valence electrons. The second kappa shape index (κ2) is 5.45. The minimum atomic E-state index is -3.64. The van der Waals surface area contributed by atoms with Gasteiger partial charge < -0.3 is 5.73 Å². The molecule has 0 fully saturated rings. The molecule has 1 aliphatic carbocycles. The fourth-order valence-electron chi connectivity index (χ4n) is 2.56. The third-order valence-corrected chi connectivity index (χ3v) is 5.35. The number of sulfonamides is 1. The largest absolute Gasteiger partial charge is 0.330 e. The van der Waals surface area contributed by atoms with Crippen LogP contribution in [0.3, 0.4) is 0 Å². The maximum atomic E-state index is 12.0. The lowest BCUT2D eigenvalue weighted by Gasteiger charge is -2.32. The van der Waals surface area contributed by atoms with Crippen LogP contribution in [0.2, 0.25) is 0 Å². The molecule has 1 unspecified atom stereocenters. The number of benzene rings is 1. The van der Waals surface area contributed by atoms with Gasteiger partial charge in [0.15, 0.2) is 0 Å². The summed E-state index contributed by atoms with van der Waals surface area (Å²) in [5, 5.41) is 5.47. The predicted octanol–water partition coefficient (Wildman–Crippen LogP) is 1.41. The second-order valence-electron chi connectivity index (χ2n) is 5.06. The monoisotopic (exact) mass is 280 g/mol. The van der Waals surface area contributed by atoms with E-state index in [1.807, 2.05) is 30.3 Å². The standard InChI is InChI=1S/C14H20N2O2S/c15-10-4-3-8-14(19(16,17)18)9-7-12-5-1-2-6-13(12)11-14/h1-2,5-7,9H,3-4,8,10-11,15H2,(H2,16,17,18). The van der Waals surface area contributed by atoms with Crippen LogP contribution in [0.4, 0.5) is 0 Å². The lowest BCUT2D eigenvalue weighted by atomic mass is 9.86. The van der Waals surface area contributed by atoms with E-state index in [0.717, 1.165) is 24.0 Å². The highest BCUT2D eigenvalue weighted by Gasteiger charge is 2.40. The maximum Gasteiger partial charge on any atom is 0.218 e. The van der Waals surface area contributed by atoms with Gasteiger partial charge in [-0.2, -0.15) is 0 Å². The van der Waals surface area contributed by atoms with E-state index in [0.29, 0.717) is 19.4 Å². The molecular formula is C14H20N2O2S. The summed E-state index contributed by atoms with van der Waals surface area (Å²) < 4.78 is 23.0. The fourth-order valence-corrected chi connectivity index (χ4v) is 3.60. The average molecular weight is 280 g/mol. The van der Waals surface area contributed by atoms with Crippen LogP contribution in [0.1, 0.15) is 30.4 Å². The van der Waals surface area contributed by atoms with Gasteiger partial charge in [0.1, 0.15) is 4.75 Å². The van der Waals surface area contributed by atoms with Gasteiger partial charge in [-0.25, -0.2) is 13.6 Å². The second-order valence-corrected chi connectivity index (χ2v) is 6.97. The third-order valence-electron chi connectivity index (χ3n) is 3.73. The Morgan fingerprint density at radius 3 is 2.63 bits per heavy atom. The highest BCUT2D eigenvalue weighted by atomic mass is 32.2. The minimum absolute atomic E-state index is 0.447. The molecule has 0 aromatic heterocycles. The lowest BCUT2D eigenvalue weighted by Crippen LogP contribution is -2.45. The van der Waals surface area contributed by atoms with Crippen LogP contribution in [-0.4, -0.2) is 19.7 Å². The molecule has 1 aromatic rings. The van der Waals surface area contributed by atoms with Crippen LogP contribution >= 0.6 is 0 Å². The molecule has 19 heavy (non-hydrogen) atoms. The molecule has 0 bridgehead atoms. The number of rotatable bonds is 5. The summed E-state index contributed by atoms with van der Waals surface area (Å²) >= 11 is 0. The van der Waals surface area contributed by atoms with Gasteiger partial charge in [0.2, 0.25) is 10.0 Å². The molecule has 0 amide bonds. The van der Waals surface area contributed by atoms with Gasteiger partial charge in [0.25, 0.3) is 0 Å². The Morgan fingerprint density at radius 1 is 1.21 bits per heavy atom. The van der Waals surface area contributed by atoms with Gasteiger partial charge in [-0.05, 0) is 36.9 Å². The molecule has 1 aromatic carbocycles. The van der Waals surface area contributed by atoms with Crippen molar-refractivity contribution in [2.75, 3.05) is 6.54 Å². The third kappa shape index (κ3) is 2.88. The van der Waals surface area contributed by atoms with Crippen molar-refractivity contribution >= 4 is 16.1 Å². The summed E-state index contributed by atoms with van der Waals surface area (Å²) in [4.78, 5) is 0. The highest BCUT2D eigenvalue weighted by Crippen LogP contribution is 2.34. The SMILES string of the molecule is NCCCCC1(S(N)(=O)=O)C=Cc2ccccc2C1. The molecule has 0 heterocycles. The van der Waals surface area contributed by atoms with Crippen LogP contribution in [0.25, 0.3) is 6.08 Å². The average Bonchev–Trinajstić information content (AvgIpc) is 2.37. The zero-order valence-corrected chi connectivity index (χ0v) is 11.7. The van der Waals surface area contributed by atoms with Crippen molar-refractivity contribution in [3.05, 3.63) is 41.5 Å². The first-order valence-electron chi connectivity index (χ1n) is 6.48. The summed E-state index contributed by atoms with van der Waals surface area (Å²) in [5.74, 6) is 0. The zero-order valence-electron chi connectivity index (χ0n) is 10.9. The lowest BCUT2D eigenvalue weighted by molar-refractivity contribution is 0.512. The van der Waals surface area contributed by atoms with E-state index in [9.17, 15) is 8.42 Å². The molecule has 5 heteroatoms. The first-order chi connectivity index (χ1) is 8.98. The Hall–Kier alpha value is -1.17. The smallest absolute Gasteiger partial charge is 0.218 e. The van der Waals surface area contributed by atoms with Gasteiger partial charge in [-0.3, -0.25) is 0 Å². The molecular weight excluding hydrogens is 260 g/mol.